The van der Waals surface area contributed by atoms with Gasteiger partial charge in [-0.3, -0.25) is 0 Å². The van der Waals surface area contributed by atoms with E-state index in [2.05, 4.69) is 0 Å². The van der Waals surface area contributed by atoms with Gasteiger partial charge in [-0.2, -0.15) is 0 Å². The lowest BCUT2D eigenvalue weighted by Crippen LogP contribution is -2.48. The first kappa shape index (κ1) is 14.2. The fourth-order valence-electron chi connectivity index (χ4n) is 3.06. The highest BCUT2D eigenvalue weighted by molar-refractivity contribution is 5.90. The number of nitrogen functional groups attached to an aromatic ring is 1. The molecule has 0 amide bonds. The van der Waals surface area contributed by atoms with E-state index in [1.165, 1.54) is 13.5 Å². The summed E-state index contributed by atoms with van der Waals surface area (Å²) in [7, 11) is 1.36. The number of benzene rings is 1. The molecule has 5 heteroatoms. The molecule has 2 aliphatic rings. The minimum atomic E-state index is -0.387. The predicted molar refractivity (Wildman–Crippen MR) is 78.4 cm³/mol. The summed E-state index contributed by atoms with van der Waals surface area (Å²) in [5.41, 5.74) is 6.97. The molecule has 1 aromatic rings. The van der Waals surface area contributed by atoms with E-state index in [0.717, 1.165) is 32.3 Å². The molecular formula is C16H21NO4. The predicted octanol–water partition coefficient (Wildman–Crippen LogP) is 2.54. The van der Waals surface area contributed by atoms with Gasteiger partial charge in [0, 0.05) is 12.8 Å². The largest absolute Gasteiger partial charge is 0.488 e. The van der Waals surface area contributed by atoms with Crippen LogP contribution in [0.15, 0.2) is 18.2 Å². The number of esters is 1. The van der Waals surface area contributed by atoms with E-state index >= 15 is 0 Å². The van der Waals surface area contributed by atoms with Crippen LogP contribution in [-0.2, 0) is 9.47 Å². The molecule has 5 nitrogen and oxygen atoms in total. The second kappa shape index (κ2) is 5.56. The average molecular weight is 291 g/mol. The van der Waals surface area contributed by atoms with E-state index in [0.29, 0.717) is 17.0 Å². The van der Waals surface area contributed by atoms with Crippen molar-refractivity contribution in [1.82, 2.24) is 0 Å². The summed E-state index contributed by atoms with van der Waals surface area (Å²) in [5, 5.41) is 0. The molecule has 1 aromatic carbocycles. The van der Waals surface area contributed by atoms with Crippen LogP contribution < -0.4 is 10.5 Å². The highest BCUT2D eigenvalue weighted by atomic mass is 16.5. The summed E-state index contributed by atoms with van der Waals surface area (Å²) >= 11 is 0. The summed E-state index contributed by atoms with van der Waals surface area (Å²) in [4.78, 5) is 11.6. The van der Waals surface area contributed by atoms with Gasteiger partial charge in [0.15, 0.2) is 0 Å². The van der Waals surface area contributed by atoms with Crippen molar-refractivity contribution in [2.24, 2.45) is 0 Å². The highest BCUT2D eigenvalue weighted by Crippen LogP contribution is 2.43. The smallest absolute Gasteiger partial charge is 0.337 e. The van der Waals surface area contributed by atoms with Crippen molar-refractivity contribution in [3.63, 3.8) is 0 Å². The molecule has 1 atom stereocenters. The van der Waals surface area contributed by atoms with Crippen molar-refractivity contribution in [2.45, 2.75) is 43.8 Å². The third-order valence-corrected chi connectivity index (χ3v) is 4.44. The number of ether oxygens (including phenoxy) is 3. The van der Waals surface area contributed by atoms with E-state index in [-0.39, 0.29) is 17.7 Å². The van der Waals surface area contributed by atoms with Crippen LogP contribution in [0.25, 0.3) is 0 Å². The molecule has 1 spiro atoms. The van der Waals surface area contributed by atoms with Crippen LogP contribution in [0.3, 0.4) is 0 Å². The third-order valence-electron chi connectivity index (χ3n) is 4.44. The number of rotatable bonds is 3. The monoisotopic (exact) mass is 291 g/mol. The van der Waals surface area contributed by atoms with E-state index < -0.39 is 0 Å². The summed E-state index contributed by atoms with van der Waals surface area (Å²) in [6.45, 7) is 0.723. The molecule has 1 saturated heterocycles. The van der Waals surface area contributed by atoms with Crippen molar-refractivity contribution >= 4 is 11.7 Å². The van der Waals surface area contributed by atoms with Crippen molar-refractivity contribution in [3.05, 3.63) is 23.8 Å². The maximum Gasteiger partial charge on any atom is 0.337 e. The van der Waals surface area contributed by atoms with Gasteiger partial charge in [0.2, 0.25) is 0 Å². The number of hydrogen-bond acceptors (Lipinski definition) is 5. The standard InChI is InChI=1S/C16H21NO4/c1-19-15(18)11-3-4-13(17)14(9-11)21-12-5-8-20-16(10-12)6-2-7-16/h3-4,9,12H,2,5-8,10,17H2,1H3. The Labute approximate surface area is 124 Å². The van der Waals surface area contributed by atoms with Gasteiger partial charge in [0.25, 0.3) is 0 Å². The molecule has 1 heterocycles. The van der Waals surface area contributed by atoms with Crippen LogP contribution in [0.2, 0.25) is 0 Å². The molecule has 0 aromatic heterocycles. The number of methoxy groups -OCH3 is 1. The second-order valence-corrected chi connectivity index (χ2v) is 5.86. The molecule has 1 aliphatic carbocycles. The van der Waals surface area contributed by atoms with Crippen molar-refractivity contribution in [1.29, 1.82) is 0 Å². The van der Waals surface area contributed by atoms with Crippen LogP contribution in [0.5, 0.6) is 5.75 Å². The lowest BCUT2D eigenvalue weighted by Gasteiger charge is -2.46. The molecule has 3 rings (SSSR count). The Balaban J connectivity index is 1.73. The zero-order chi connectivity index (χ0) is 14.9. The second-order valence-electron chi connectivity index (χ2n) is 5.86. The van der Waals surface area contributed by atoms with Gasteiger partial charge in [0.05, 0.1) is 30.6 Å². The lowest BCUT2D eigenvalue weighted by atomic mass is 9.74. The molecule has 2 N–H and O–H groups in total. The normalized spacial score (nSPS) is 23.4. The Bertz CT molecular complexity index is 539. The zero-order valence-electron chi connectivity index (χ0n) is 12.3. The van der Waals surface area contributed by atoms with Crippen LogP contribution in [0.1, 0.15) is 42.5 Å². The maximum absolute atomic E-state index is 11.6. The molecule has 1 unspecified atom stereocenters. The Morgan fingerprint density at radius 3 is 2.90 bits per heavy atom. The topological polar surface area (TPSA) is 70.8 Å². The van der Waals surface area contributed by atoms with Gasteiger partial charge in [-0.15, -0.1) is 0 Å². The zero-order valence-corrected chi connectivity index (χ0v) is 12.3. The lowest BCUT2D eigenvalue weighted by molar-refractivity contribution is -0.153. The van der Waals surface area contributed by atoms with Crippen LogP contribution in [-0.4, -0.2) is 31.4 Å². The minimum absolute atomic E-state index is 0.0254. The van der Waals surface area contributed by atoms with Gasteiger partial charge < -0.3 is 19.9 Å². The maximum atomic E-state index is 11.6. The molecule has 114 valence electrons. The SMILES string of the molecule is COC(=O)c1ccc(N)c(OC2CCOC3(CCC3)C2)c1. The van der Waals surface area contributed by atoms with E-state index in [4.69, 9.17) is 19.9 Å². The Kier molecular flexibility index (Phi) is 3.76. The van der Waals surface area contributed by atoms with Crippen molar-refractivity contribution in [3.8, 4) is 5.75 Å². The van der Waals surface area contributed by atoms with Gasteiger partial charge in [-0.25, -0.2) is 4.79 Å². The number of nitrogens with two attached hydrogens (primary N) is 1. The molecule has 21 heavy (non-hydrogen) atoms. The molecule has 0 bridgehead atoms. The van der Waals surface area contributed by atoms with E-state index in [1.54, 1.807) is 18.2 Å². The van der Waals surface area contributed by atoms with Crippen molar-refractivity contribution in [2.75, 3.05) is 19.5 Å². The fraction of sp³-hybridized carbons (Fsp3) is 0.562. The molecule has 1 saturated carbocycles. The van der Waals surface area contributed by atoms with Crippen LogP contribution in [0, 0.1) is 0 Å². The Hall–Kier alpha value is -1.75. The number of carbonyl (C=O) groups is 1. The fourth-order valence-corrected chi connectivity index (χ4v) is 3.06. The third kappa shape index (κ3) is 2.83. The summed E-state index contributed by atoms with van der Waals surface area (Å²) in [6.07, 6.45) is 5.30. The summed E-state index contributed by atoms with van der Waals surface area (Å²) in [6, 6.07) is 4.98. The summed E-state index contributed by atoms with van der Waals surface area (Å²) in [5.74, 6) is 0.168. The summed E-state index contributed by atoms with van der Waals surface area (Å²) < 4.78 is 16.7. The van der Waals surface area contributed by atoms with Crippen molar-refractivity contribution < 1.29 is 19.0 Å². The van der Waals surface area contributed by atoms with Crippen LogP contribution >= 0.6 is 0 Å². The Morgan fingerprint density at radius 1 is 1.43 bits per heavy atom. The Morgan fingerprint density at radius 2 is 2.24 bits per heavy atom. The van der Waals surface area contributed by atoms with E-state index in [1.807, 2.05) is 0 Å². The molecule has 1 aliphatic heterocycles. The van der Waals surface area contributed by atoms with Gasteiger partial charge in [-0.1, -0.05) is 0 Å². The van der Waals surface area contributed by atoms with E-state index in [9.17, 15) is 4.79 Å². The molecule has 0 radical (unpaired) electrons. The number of anilines is 1. The molecular weight excluding hydrogens is 270 g/mol. The number of carbonyl (C=O) groups excluding carboxylic acids is 1. The first-order chi connectivity index (χ1) is 10.1. The minimum Gasteiger partial charge on any atom is -0.488 e. The van der Waals surface area contributed by atoms with Gasteiger partial charge >= 0.3 is 5.97 Å². The molecule has 2 fully saturated rings. The van der Waals surface area contributed by atoms with Gasteiger partial charge in [0.1, 0.15) is 11.9 Å². The number of hydrogen-bond donors (Lipinski definition) is 1. The first-order valence-electron chi connectivity index (χ1n) is 7.40. The van der Waals surface area contributed by atoms with Crippen LogP contribution in [0.4, 0.5) is 5.69 Å². The quantitative estimate of drug-likeness (QED) is 0.684. The first-order valence-corrected chi connectivity index (χ1v) is 7.40. The highest BCUT2D eigenvalue weighted by Gasteiger charge is 2.43. The average Bonchev–Trinajstić information content (AvgIpc) is 2.47. The van der Waals surface area contributed by atoms with Gasteiger partial charge in [-0.05, 0) is 37.5 Å².